The van der Waals surface area contributed by atoms with Crippen molar-refractivity contribution in [1.29, 1.82) is 0 Å². The van der Waals surface area contributed by atoms with E-state index in [2.05, 4.69) is 41.5 Å². The van der Waals surface area contributed by atoms with Crippen LogP contribution in [0.1, 0.15) is 152 Å². The first kappa shape index (κ1) is 35.2. The van der Waals surface area contributed by atoms with Gasteiger partial charge >= 0.3 is 0 Å². The summed E-state index contributed by atoms with van der Waals surface area (Å²) in [4.78, 5) is 1.30. The van der Waals surface area contributed by atoms with Crippen molar-refractivity contribution in [2.24, 2.45) is 0 Å². The summed E-state index contributed by atoms with van der Waals surface area (Å²) in [7, 11) is 0. The van der Waals surface area contributed by atoms with Gasteiger partial charge in [-0.3, -0.25) is 0 Å². The van der Waals surface area contributed by atoms with Crippen molar-refractivity contribution in [2.75, 3.05) is 0 Å². The summed E-state index contributed by atoms with van der Waals surface area (Å²) in [5.41, 5.74) is 6.36. The second-order valence-corrected chi connectivity index (χ2v) is 12.7. The Morgan fingerprint density at radius 3 is 0.854 bits per heavy atom. The van der Waals surface area contributed by atoms with Crippen LogP contribution in [0.3, 0.4) is 0 Å². The Morgan fingerprint density at radius 1 is 0.341 bits per heavy atom. The molecule has 232 valence electrons. The standard InChI is InChI=1S/C36H58O4S/c1-7-13-19-25-27(21-15-9-3)31(37)33(39)35(29(25)23-17-11-5)41-36-30(24-18-12-6)26(20-14-8-2)28(22-16-10-4)32(38)34(36)40/h37-40H,7-24H2,1-6H3. The molecule has 0 radical (unpaired) electrons. The number of hydrogen-bond donors (Lipinski definition) is 4. The third-order valence-corrected chi connectivity index (χ3v) is 9.63. The van der Waals surface area contributed by atoms with E-state index in [4.69, 9.17) is 0 Å². The topological polar surface area (TPSA) is 80.9 Å². The summed E-state index contributed by atoms with van der Waals surface area (Å²) < 4.78 is 0. The first-order chi connectivity index (χ1) is 19.8. The highest BCUT2D eigenvalue weighted by Crippen LogP contribution is 2.53. The van der Waals surface area contributed by atoms with Gasteiger partial charge in [-0.25, -0.2) is 0 Å². The molecule has 0 unspecified atom stereocenters. The van der Waals surface area contributed by atoms with Gasteiger partial charge in [-0.15, -0.1) is 0 Å². The van der Waals surface area contributed by atoms with Crippen LogP contribution < -0.4 is 0 Å². The molecule has 2 aromatic rings. The van der Waals surface area contributed by atoms with Crippen LogP contribution in [-0.4, -0.2) is 20.4 Å². The van der Waals surface area contributed by atoms with E-state index in [-0.39, 0.29) is 23.0 Å². The molecule has 5 heteroatoms. The smallest absolute Gasteiger partial charge is 0.172 e. The number of unbranched alkanes of at least 4 members (excludes halogenated alkanes) is 6. The molecule has 2 rings (SSSR count). The lowest BCUT2D eigenvalue weighted by molar-refractivity contribution is 0.385. The number of phenolic OH excluding ortho intramolecular Hbond substituents is 4. The van der Waals surface area contributed by atoms with Gasteiger partial charge in [-0.1, -0.05) is 91.8 Å². The highest BCUT2D eigenvalue weighted by molar-refractivity contribution is 7.99. The lowest BCUT2D eigenvalue weighted by atomic mass is 9.89. The molecule has 0 aliphatic heterocycles. The van der Waals surface area contributed by atoms with Gasteiger partial charge in [-0.2, -0.15) is 0 Å². The van der Waals surface area contributed by atoms with Crippen LogP contribution in [0.5, 0.6) is 23.0 Å². The van der Waals surface area contributed by atoms with Gasteiger partial charge in [0.25, 0.3) is 0 Å². The van der Waals surface area contributed by atoms with Crippen LogP contribution in [0.15, 0.2) is 9.79 Å². The fourth-order valence-electron chi connectivity index (χ4n) is 5.83. The zero-order valence-corrected chi connectivity index (χ0v) is 27.7. The maximum atomic E-state index is 11.6. The number of phenols is 4. The van der Waals surface area contributed by atoms with Crippen LogP contribution in [0.2, 0.25) is 0 Å². The minimum absolute atomic E-state index is 0.00288. The quantitative estimate of drug-likeness (QED) is 0.116. The minimum atomic E-state index is -0.0713. The Balaban J connectivity index is 2.90. The summed E-state index contributed by atoms with van der Waals surface area (Å²) in [6, 6.07) is 0. The number of aromatic hydroxyl groups is 4. The molecule has 0 aliphatic carbocycles. The van der Waals surface area contributed by atoms with Crippen LogP contribution in [-0.2, 0) is 38.5 Å². The van der Waals surface area contributed by atoms with Gasteiger partial charge in [0.2, 0.25) is 0 Å². The largest absolute Gasteiger partial charge is 0.504 e. The van der Waals surface area contributed by atoms with Gasteiger partial charge in [0, 0.05) is 11.1 Å². The predicted molar refractivity (Wildman–Crippen MR) is 175 cm³/mol. The fraction of sp³-hybridized carbons (Fsp3) is 0.667. The predicted octanol–water partition coefficient (Wildman–Crippen LogP) is 10.7. The number of hydrogen-bond acceptors (Lipinski definition) is 5. The third-order valence-electron chi connectivity index (χ3n) is 8.34. The van der Waals surface area contributed by atoms with Crippen LogP contribution in [0, 0.1) is 0 Å². The van der Waals surface area contributed by atoms with E-state index in [1.807, 2.05) is 0 Å². The Morgan fingerprint density at radius 2 is 0.585 bits per heavy atom. The third kappa shape index (κ3) is 8.99. The maximum Gasteiger partial charge on any atom is 0.172 e. The van der Waals surface area contributed by atoms with E-state index in [0.29, 0.717) is 9.79 Å². The van der Waals surface area contributed by atoms with Crippen molar-refractivity contribution in [3.05, 3.63) is 33.4 Å². The monoisotopic (exact) mass is 586 g/mol. The van der Waals surface area contributed by atoms with Crippen LogP contribution in [0.4, 0.5) is 0 Å². The first-order valence-electron chi connectivity index (χ1n) is 16.7. The second kappa shape index (κ2) is 18.5. The van der Waals surface area contributed by atoms with Gasteiger partial charge in [0.1, 0.15) is 0 Å². The highest BCUT2D eigenvalue weighted by Gasteiger charge is 2.28. The molecular weight excluding hydrogens is 528 g/mol. The molecule has 0 atom stereocenters. The molecule has 0 heterocycles. The van der Waals surface area contributed by atoms with Crippen molar-refractivity contribution >= 4 is 11.8 Å². The zero-order chi connectivity index (χ0) is 30.4. The van der Waals surface area contributed by atoms with Crippen LogP contribution in [0.25, 0.3) is 0 Å². The van der Waals surface area contributed by atoms with E-state index in [1.165, 1.54) is 22.9 Å². The van der Waals surface area contributed by atoms with Crippen molar-refractivity contribution in [3.8, 4) is 23.0 Å². The average molecular weight is 587 g/mol. The zero-order valence-electron chi connectivity index (χ0n) is 26.9. The molecule has 4 nitrogen and oxygen atoms in total. The Kier molecular flexibility index (Phi) is 15.9. The lowest BCUT2D eigenvalue weighted by Crippen LogP contribution is -2.07. The molecule has 0 aliphatic rings. The van der Waals surface area contributed by atoms with E-state index in [9.17, 15) is 20.4 Å². The van der Waals surface area contributed by atoms with Crippen molar-refractivity contribution < 1.29 is 20.4 Å². The molecule has 2 aromatic carbocycles. The van der Waals surface area contributed by atoms with Gasteiger partial charge in [0.05, 0.1) is 9.79 Å². The molecule has 0 saturated carbocycles. The highest BCUT2D eigenvalue weighted by atomic mass is 32.2. The maximum absolute atomic E-state index is 11.6. The van der Waals surface area contributed by atoms with Crippen molar-refractivity contribution in [1.82, 2.24) is 0 Å². The molecule has 41 heavy (non-hydrogen) atoms. The molecule has 0 amide bonds. The van der Waals surface area contributed by atoms with Gasteiger partial charge < -0.3 is 20.4 Å². The Bertz CT molecular complexity index is 1010. The van der Waals surface area contributed by atoms with Crippen LogP contribution >= 0.6 is 11.8 Å². The Labute approximate surface area is 255 Å². The first-order valence-corrected chi connectivity index (χ1v) is 17.5. The van der Waals surface area contributed by atoms with Gasteiger partial charge in [-0.05, 0) is 99.3 Å². The molecule has 0 bridgehead atoms. The number of benzene rings is 2. The summed E-state index contributed by atoms with van der Waals surface area (Å²) in [5, 5.41) is 45.9. The molecule has 0 spiro atoms. The minimum Gasteiger partial charge on any atom is -0.504 e. The van der Waals surface area contributed by atoms with E-state index in [1.54, 1.807) is 0 Å². The summed E-state index contributed by atoms with van der Waals surface area (Å²) in [6.45, 7) is 13.0. The second-order valence-electron chi connectivity index (χ2n) is 11.6. The molecular formula is C36H58O4S. The summed E-state index contributed by atoms with van der Waals surface area (Å²) in [6.07, 6.45) is 17.0. The van der Waals surface area contributed by atoms with E-state index >= 15 is 0 Å². The van der Waals surface area contributed by atoms with Gasteiger partial charge in [0.15, 0.2) is 23.0 Å². The summed E-state index contributed by atoms with van der Waals surface area (Å²) >= 11 is 1.36. The SMILES string of the molecule is CCCCc1c(O)c(O)c(Sc2c(O)c(O)c(CCCC)c(CCCC)c2CCCC)c(CCCC)c1CCCC. The molecule has 0 fully saturated rings. The average Bonchev–Trinajstić information content (AvgIpc) is 2.97. The van der Waals surface area contributed by atoms with Crippen molar-refractivity contribution in [2.45, 2.75) is 167 Å². The van der Waals surface area contributed by atoms with Crippen molar-refractivity contribution in [3.63, 3.8) is 0 Å². The number of rotatable bonds is 20. The molecule has 4 N–H and O–H groups in total. The molecule has 0 aromatic heterocycles. The lowest BCUT2D eigenvalue weighted by Gasteiger charge is -2.25. The molecule has 0 saturated heterocycles. The normalized spacial score (nSPS) is 11.5. The van der Waals surface area contributed by atoms with E-state index in [0.717, 1.165) is 138 Å². The fourth-order valence-corrected chi connectivity index (χ4v) is 7.11. The van der Waals surface area contributed by atoms with E-state index < -0.39 is 0 Å². The summed E-state index contributed by atoms with van der Waals surface area (Å²) in [5.74, 6) is -0.148. The Hall–Kier alpha value is -2.01.